The average molecular weight is 269 g/mol. The van der Waals surface area contributed by atoms with E-state index in [4.69, 9.17) is 4.74 Å². The van der Waals surface area contributed by atoms with E-state index in [9.17, 15) is 4.79 Å². The summed E-state index contributed by atoms with van der Waals surface area (Å²) in [6.45, 7) is 4.10. The van der Waals surface area contributed by atoms with E-state index in [1.54, 1.807) is 11.9 Å². The molecule has 1 amide bonds. The zero-order valence-corrected chi connectivity index (χ0v) is 12.1. The van der Waals surface area contributed by atoms with Gasteiger partial charge in [0, 0.05) is 12.7 Å². The number of nitrogens with zero attached hydrogens (tertiary/aromatic N) is 1. The molecule has 0 radical (unpaired) electrons. The number of benzene rings is 2. The first-order valence-corrected chi connectivity index (χ1v) is 6.60. The molecule has 0 atom stereocenters. The molecule has 0 fully saturated rings. The molecule has 0 aliphatic heterocycles. The number of amides is 1. The Morgan fingerprint density at radius 3 is 2.45 bits per heavy atom. The minimum atomic E-state index is -0.0671. The Labute approximate surface area is 119 Å². The number of ether oxygens (including phenoxy) is 1. The van der Waals surface area contributed by atoms with E-state index < -0.39 is 0 Å². The fourth-order valence-electron chi connectivity index (χ4n) is 1.99. The Balaban J connectivity index is 2.04. The lowest BCUT2D eigenvalue weighted by atomic mass is 10.1. The Kier molecular flexibility index (Phi) is 4.41. The van der Waals surface area contributed by atoms with Gasteiger partial charge in [0.05, 0.1) is 0 Å². The van der Waals surface area contributed by atoms with Crippen molar-refractivity contribution in [2.45, 2.75) is 13.8 Å². The van der Waals surface area contributed by atoms with Crippen LogP contribution in [0.3, 0.4) is 0 Å². The molecule has 0 aliphatic rings. The number of carbonyl (C=O) groups is 1. The monoisotopic (exact) mass is 269 g/mol. The zero-order chi connectivity index (χ0) is 14.5. The molecule has 3 nitrogen and oxygen atoms in total. The quantitative estimate of drug-likeness (QED) is 0.852. The van der Waals surface area contributed by atoms with Crippen LogP contribution >= 0.6 is 0 Å². The van der Waals surface area contributed by atoms with Crippen molar-refractivity contribution in [2.75, 3.05) is 18.6 Å². The molecule has 0 saturated heterocycles. The molecule has 0 aromatic heterocycles. The lowest BCUT2D eigenvalue weighted by Gasteiger charge is -2.20. The smallest absolute Gasteiger partial charge is 0.264 e. The summed E-state index contributed by atoms with van der Waals surface area (Å²) in [4.78, 5) is 13.8. The van der Waals surface area contributed by atoms with Crippen LogP contribution in [0.1, 0.15) is 11.1 Å². The highest BCUT2D eigenvalue weighted by atomic mass is 16.5. The van der Waals surface area contributed by atoms with Crippen molar-refractivity contribution in [1.29, 1.82) is 0 Å². The molecule has 2 rings (SSSR count). The predicted octanol–water partition coefficient (Wildman–Crippen LogP) is 3.35. The van der Waals surface area contributed by atoms with Gasteiger partial charge in [0.2, 0.25) is 0 Å². The van der Waals surface area contributed by atoms with Crippen LogP contribution in [0.2, 0.25) is 0 Å². The zero-order valence-electron chi connectivity index (χ0n) is 12.1. The van der Waals surface area contributed by atoms with Crippen molar-refractivity contribution < 1.29 is 9.53 Å². The molecule has 0 N–H and O–H groups in total. The van der Waals surface area contributed by atoms with Gasteiger partial charge in [-0.05, 0) is 43.2 Å². The topological polar surface area (TPSA) is 29.5 Å². The SMILES string of the molecule is Cc1cccc(N(C)C(=O)COc2ccccc2)c1C. The summed E-state index contributed by atoms with van der Waals surface area (Å²) in [6, 6.07) is 15.3. The highest BCUT2D eigenvalue weighted by Gasteiger charge is 2.14. The van der Waals surface area contributed by atoms with Crippen molar-refractivity contribution in [3.63, 3.8) is 0 Å². The molecule has 0 heterocycles. The van der Waals surface area contributed by atoms with Gasteiger partial charge in [-0.2, -0.15) is 0 Å². The number of carbonyl (C=O) groups excluding carboxylic acids is 1. The third-order valence-corrected chi connectivity index (χ3v) is 3.42. The van der Waals surface area contributed by atoms with Gasteiger partial charge < -0.3 is 9.64 Å². The fraction of sp³-hybridized carbons (Fsp3) is 0.235. The third kappa shape index (κ3) is 3.18. The fourth-order valence-corrected chi connectivity index (χ4v) is 1.99. The molecular weight excluding hydrogens is 250 g/mol. The van der Waals surface area contributed by atoms with E-state index in [1.165, 1.54) is 5.56 Å². The van der Waals surface area contributed by atoms with Gasteiger partial charge in [-0.15, -0.1) is 0 Å². The summed E-state index contributed by atoms with van der Waals surface area (Å²) < 4.78 is 5.49. The highest BCUT2D eigenvalue weighted by molar-refractivity contribution is 5.94. The number of para-hydroxylation sites is 1. The van der Waals surface area contributed by atoms with E-state index in [-0.39, 0.29) is 12.5 Å². The maximum atomic E-state index is 12.2. The van der Waals surface area contributed by atoms with Crippen molar-refractivity contribution in [2.24, 2.45) is 0 Å². The maximum Gasteiger partial charge on any atom is 0.264 e. The molecule has 104 valence electrons. The molecule has 0 spiro atoms. The first kappa shape index (κ1) is 14.1. The van der Waals surface area contributed by atoms with Crippen LogP contribution < -0.4 is 9.64 Å². The van der Waals surface area contributed by atoms with Gasteiger partial charge in [-0.3, -0.25) is 4.79 Å². The van der Waals surface area contributed by atoms with Crippen LogP contribution in [0.5, 0.6) is 5.75 Å². The molecular formula is C17H19NO2. The van der Waals surface area contributed by atoms with Crippen molar-refractivity contribution in [3.05, 3.63) is 59.7 Å². The van der Waals surface area contributed by atoms with Crippen molar-refractivity contribution in [1.82, 2.24) is 0 Å². The van der Waals surface area contributed by atoms with E-state index in [0.717, 1.165) is 11.3 Å². The average Bonchev–Trinajstić information content (AvgIpc) is 2.48. The van der Waals surface area contributed by atoms with E-state index in [2.05, 4.69) is 0 Å². The molecule has 2 aromatic rings. The number of likely N-dealkylation sites (N-methyl/N-ethyl adjacent to an activating group) is 1. The molecule has 0 aliphatic carbocycles. The Morgan fingerprint density at radius 1 is 1.05 bits per heavy atom. The lowest BCUT2D eigenvalue weighted by Crippen LogP contribution is -2.31. The van der Waals surface area contributed by atoms with Crippen LogP contribution in [0.25, 0.3) is 0 Å². The van der Waals surface area contributed by atoms with Crippen molar-refractivity contribution in [3.8, 4) is 5.75 Å². The second-order valence-corrected chi connectivity index (χ2v) is 4.77. The minimum Gasteiger partial charge on any atom is -0.484 e. The van der Waals surface area contributed by atoms with Gasteiger partial charge in [0.25, 0.3) is 5.91 Å². The summed E-state index contributed by atoms with van der Waals surface area (Å²) in [5.41, 5.74) is 3.21. The number of hydrogen-bond acceptors (Lipinski definition) is 2. The van der Waals surface area contributed by atoms with Crippen molar-refractivity contribution >= 4 is 11.6 Å². The Bertz CT molecular complexity index is 593. The Morgan fingerprint density at radius 2 is 1.75 bits per heavy atom. The van der Waals surface area contributed by atoms with Gasteiger partial charge in [0.1, 0.15) is 5.75 Å². The number of anilines is 1. The van der Waals surface area contributed by atoms with Gasteiger partial charge >= 0.3 is 0 Å². The van der Waals surface area contributed by atoms with Crippen LogP contribution in [0.15, 0.2) is 48.5 Å². The molecule has 0 unspecified atom stereocenters. The molecule has 0 bridgehead atoms. The second-order valence-electron chi connectivity index (χ2n) is 4.77. The van der Waals surface area contributed by atoms with E-state index in [1.807, 2.05) is 62.4 Å². The maximum absolute atomic E-state index is 12.2. The molecule has 20 heavy (non-hydrogen) atoms. The van der Waals surface area contributed by atoms with Gasteiger partial charge in [-0.25, -0.2) is 0 Å². The summed E-state index contributed by atoms with van der Waals surface area (Å²) in [5.74, 6) is 0.637. The van der Waals surface area contributed by atoms with E-state index in [0.29, 0.717) is 5.75 Å². The van der Waals surface area contributed by atoms with Gasteiger partial charge in [0.15, 0.2) is 6.61 Å². The standard InChI is InChI=1S/C17H19NO2/c1-13-8-7-11-16(14(13)2)18(3)17(19)12-20-15-9-5-4-6-10-15/h4-11H,12H2,1-3H3. The van der Waals surface area contributed by atoms with Crippen LogP contribution in [0, 0.1) is 13.8 Å². The first-order valence-electron chi connectivity index (χ1n) is 6.60. The van der Waals surface area contributed by atoms with Crippen LogP contribution in [0.4, 0.5) is 5.69 Å². The summed E-state index contributed by atoms with van der Waals surface area (Å²) in [5, 5.41) is 0. The van der Waals surface area contributed by atoms with E-state index >= 15 is 0 Å². The molecule has 0 saturated carbocycles. The lowest BCUT2D eigenvalue weighted by molar-refractivity contribution is -0.120. The normalized spacial score (nSPS) is 10.2. The number of rotatable bonds is 4. The van der Waals surface area contributed by atoms with Crippen LogP contribution in [-0.2, 0) is 4.79 Å². The molecule has 2 aromatic carbocycles. The first-order chi connectivity index (χ1) is 9.59. The number of hydrogen-bond donors (Lipinski definition) is 0. The summed E-state index contributed by atoms with van der Waals surface area (Å²) in [6.07, 6.45) is 0. The van der Waals surface area contributed by atoms with Crippen LogP contribution in [-0.4, -0.2) is 19.6 Å². The summed E-state index contributed by atoms with van der Waals surface area (Å²) in [7, 11) is 1.78. The minimum absolute atomic E-state index is 0.0356. The Hall–Kier alpha value is -2.29. The predicted molar refractivity (Wildman–Crippen MR) is 81.3 cm³/mol. The van der Waals surface area contributed by atoms with Gasteiger partial charge in [-0.1, -0.05) is 30.3 Å². The largest absolute Gasteiger partial charge is 0.484 e. The number of aryl methyl sites for hydroxylation is 1. The highest BCUT2D eigenvalue weighted by Crippen LogP contribution is 2.21. The second kappa shape index (κ2) is 6.24. The summed E-state index contributed by atoms with van der Waals surface area (Å²) >= 11 is 0. The third-order valence-electron chi connectivity index (χ3n) is 3.42. The molecule has 3 heteroatoms.